The minimum atomic E-state index is -0.968. The number of amides is 2. The Balaban J connectivity index is 1.28. The van der Waals surface area contributed by atoms with Crippen molar-refractivity contribution in [2.75, 3.05) is 10.6 Å². The summed E-state index contributed by atoms with van der Waals surface area (Å²) in [6.07, 6.45) is 4.39. The summed E-state index contributed by atoms with van der Waals surface area (Å²) in [5.74, 6) is -2.86. The third-order valence-electron chi connectivity index (χ3n) is 6.69. The minimum Gasteiger partial charge on any atom is -0.481 e. The Morgan fingerprint density at radius 2 is 1.59 bits per heavy atom. The van der Waals surface area contributed by atoms with E-state index in [1.54, 1.807) is 24.3 Å². The monoisotopic (exact) mass is 603 g/mol. The van der Waals surface area contributed by atoms with E-state index in [0.29, 0.717) is 34.4 Å². The average molecular weight is 604 g/mol. The molecule has 1 aliphatic carbocycles. The van der Waals surface area contributed by atoms with Gasteiger partial charge in [0.2, 0.25) is 11.8 Å². The lowest BCUT2D eigenvalue weighted by molar-refractivity contribution is -0.146. The van der Waals surface area contributed by atoms with Crippen molar-refractivity contribution < 1.29 is 19.5 Å². The fourth-order valence-corrected chi connectivity index (χ4v) is 6.53. The lowest BCUT2D eigenvalue weighted by Gasteiger charge is -2.24. The maximum atomic E-state index is 13.5. The molecule has 10 heteroatoms. The van der Waals surface area contributed by atoms with Crippen LogP contribution in [0.5, 0.6) is 0 Å². The van der Waals surface area contributed by atoms with Crippen LogP contribution in [-0.4, -0.2) is 27.9 Å². The number of rotatable bonds is 9. The van der Waals surface area contributed by atoms with Gasteiger partial charge in [-0.2, -0.15) is 0 Å². The van der Waals surface area contributed by atoms with Crippen molar-refractivity contribution in [2.45, 2.75) is 23.0 Å². The van der Waals surface area contributed by atoms with Crippen LogP contribution in [0.2, 0.25) is 5.02 Å². The SMILES string of the molecule is O=C(Nc1nc(-c2ccccc2Cl)cs1)C(Sc1ccc(NC(=O)C2CC=CCC2C(=O)O)cc1)c1ccccc1. The Labute approximate surface area is 250 Å². The highest BCUT2D eigenvalue weighted by Gasteiger charge is 2.34. The Morgan fingerprint density at radius 1 is 0.902 bits per heavy atom. The van der Waals surface area contributed by atoms with Crippen molar-refractivity contribution in [3.05, 3.63) is 107 Å². The number of thioether (sulfide) groups is 1. The number of allylic oxidation sites excluding steroid dienone is 2. The molecular weight excluding hydrogens is 578 g/mol. The highest BCUT2D eigenvalue weighted by Crippen LogP contribution is 2.38. The number of carboxylic acid groups (broad SMARTS) is 1. The maximum absolute atomic E-state index is 13.5. The first-order valence-corrected chi connectivity index (χ1v) is 15.0. The summed E-state index contributed by atoms with van der Waals surface area (Å²) >= 11 is 9.02. The highest BCUT2D eigenvalue weighted by atomic mass is 35.5. The predicted molar refractivity (Wildman–Crippen MR) is 164 cm³/mol. The summed E-state index contributed by atoms with van der Waals surface area (Å²) in [5.41, 5.74) is 2.89. The van der Waals surface area contributed by atoms with Gasteiger partial charge in [0.05, 0.1) is 17.5 Å². The number of benzene rings is 3. The quantitative estimate of drug-likeness (QED) is 0.135. The Kier molecular flexibility index (Phi) is 9.18. The minimum absolute atomic E-state index is 0.219. The van der Waals surface area contributed by atoms with Gasteiger partial charge >= 0.3 is 5.97 Å². The standard InChI is InChI=1S/C31H26ClN3O4S2/c32-25-13-7-6-12-24(25)26-18-40-31(34-26)35-29(37)27(19-8-2-1-3-9-19)41-21-16-14-20(15-17-21)33-28(36)22-10-4-5-11-23(22)30(38)39/h1-9,12-18,22-23,27H,10-11H2,(H,33,36)(H,38,39)(H,34,35,37). The first kappa shape index (κ1) is 28.6. The molecule has 1 aliphatic rings. The molecule has 208 valence electrons. The average Bonchev–Trinajstić information content (AvgIpc) is 3.45. The van der Waals surface area contributed by atoms with Gasteiger partial charge in [0.15, 0.2) is 5.13 Å². The van der Waals surface area contributed by atoms with Crippen molar-refractivity contribution in [1.29, 1.82) is 0 Å². The lowest BCUT2D eigenvalue weighted by Crippen LogP contribution is -2.34. The molecule has 0 aliphatic heterocycles. The number of anilines is 2. The summed E-state index contributed by atoms with van der Waals surface area (Å²) in [6.45, 7) is 0. The highest BCUT2D eigenvalue weighted by molar-refractivity contribution is 8.00. The second-order valence-corrected chi connectivity index (χ2v) is 11.9. The number of thiazole rings is 1. The van der Waals surface area contributed by atoms with Gasteiger partial charge in [-0.1, -0.05) is 72.3 Å². The van der Waals surface area contributed by atoms with Gasteiger partial charge in [0.25, 0.3) is 0 Å². The lowest BCUT2D eigenvalue weighted by atomic mass is 9.82. The number of hydrogen-bond acceptors (Lipinski definition) is 6. The molecule has 0 fully saturated rings. The molecule has 0 radical (unpaired) electrons. The van der Waals surface area contributed by atoms with Crippen LogP contribution in [0.1, 0.15) is 23.7 Å². The first-order chi connectivity index (χ1) is 19.9. The van der Waals surface area contributed by atoms with Gasteiger partial charge in [-0.25, -0.2) is 4.98 Å². The van der Waals surface area contributed by atoms with Crippen LogP contribution in [0.4, 0.5) is 10.8 Å². The molecule has 0 spiro atoms. The van der Waals surface area contributed by atoms with Crippen LogP contribution in [0, 0.1) is 11.8 Å². The molecule has 5 rings (SSSR count). The number of aromatic nitrogens is 1. The summed E-state index contributed by atoms with van der Waals surface area (Å²) in [4.78, 5) is 43.3. The van der Waals surface area contributed by atoms with E-state index in [-0.39, 0.29) is 11.8 Å². The Morgan fingerprint density at radius 3 is 2.29 bits per heavy atom. The van der Waals surface area contributed by atoms with Crippen LogP contribution in [0.3, 0.4) is 0 Å². The Bertz CT molecular complexity index is 1570. The summed E-state index contributed by atoms with van der Waals surface area (Å²) in [7, 11) is 0. The fourth-order valence-electron chi connectivity index (χ4n) is 4.56. The van der Waals surface area contributed by atoms with Gasteiger partial charge in [-0.3, -0.25) is 14.4 Å². The van der Waals surface area contributed by atoms with Crippen molar-refractivity contribution in [3.63, 3.8) is 0 Å². The topological polar surface area (TPSA) is 108 Å². The van der Waals surface area contributed by atoms with Crippen molar-refractivity contribution in [3.8, 4) is 11.3 Å². The van der Waals surface area contributed by atoms with Crippen molar-refractivity contribution in [1.82, 2.24) is 4.98 Å². The number of carbonyl (C=O) groups is 3. The van der Waals surface area contributed by atoms with Crippen LogP contribution < -0.4 is 10.6 Å². The molecule has 3 atom stereocenters. The predicted octanol–water partition coefficient (Wildman–Crippen LogP) is 7.54. The summed E-state index contributed by atoms with van der Waals surface area (Å²) in [6, 6.07) is 24.1. The molecule has 0 saturated carbocycles. The fraction of sp³-hybridized carbons (Fsp3) is 0.161. The molecule has 0 bridgehead atoms. The number of aliphatic carboxylic acids is 1. The first-order valence-electron chi connectivity index (χ1n) is 12.9. The van der Waals surface area contributed by atoms with E-state index >= 15 is 0 Å². The normalized spacial score (nSPS) is 17.0. The summed E-state index contributed by atoms with van der Waals surface area (Å²) in [5, 5.41) is 17.6. The van der Waals surface area contributed by atoms with Crippen LogP contribution in [0.15, 0.2) is 101 Å². The van der Waals surface area contributed by atoms with E-state index in [0.717, 1.165) is 16.0 Å². The zero-order chi connectivity index (χ0) is 28.8. The van der Waals surface area contributed by atoms with E-state index < -0.39 is 23.1 Å². The van der Waals surface area contributed by atoms with Gasteiger partial charge in [-0.15, -0.1) is 23.1 Å². The number of nitrogens with one attached hydrogen (secondary N) is 2. The molecule has 2 amide bonds. The largest absolute Gasteiger partial charge is 0.481 e. The van der Waals surface area contributed by atoms with Crippen molar-refractivity contribution >= 4 is 63.3 Å². The smallest absolute Gasteiger partial charge is 0.307 e. The number of halogens is 1. The molecule has 1 heterocycles. The maximum Gasteiger partial charge on any atom is 0.307 e. The molecule has 3 N–H and O–H groups in total. The van der Waals surface area contributed by atoms with Crippen LogP contribution in [0.25, 0.3) is 11.3 Å². The Hall–Kier alpha value is -3.92. The van der Waals surface area contributed by atoms with Gasteiger partial charge in [0.1, 0.15) is 5.25 Å². The number of carbonyl (C=O) groups excluding carboxylic acids is 2. The van der Waals surface area contributed by atoms with Gasteiger partial charge < -0.3 is 15.7 Å². The van der Waals surface area contributed by atoms with Crippen LogP contribution >= 0.6 is 34.7 Å². The van der Waals surface area contributed by atoms with E-state index in [1.807, 2.05) is 72.1 Å². The molecule has 3 aromatic carbocycles. The van der Waals surface area contributed by atoms with Gasteiger partial charge in [0, 0.05) is 26.5 Å². The molecule has 0 saturated heterocycles. The van der Waals surface area contributed by atoms with E-state index in [2.05, 4.69) is 15.6 Å². The zero-order valence-electron chi connectivity index (χ0n) is 21.7. The second kappa shape index (κ2) is 13.2. The van der Waals surface area contributed by atoms with E-state index in [4.69, 9.17) is 11.6 Å². The molecule has 3 unspecified atom stereocenters. The number of nitrogens with zero attached hydrogens (tertiary/aromatic N) is 1. The second-order valence-electron chi connectivity index (χ2n) is 9.42. The number of carboxylic acids is 1. The molecule has 1 aromatic heterocycles. The molecular formula is C31H26ClN3O4S2. The van der Waals surface area contributed by atoms with Crippen molar-refractivity contribution in [2.24, 2.45) is 11.8 Å². The zero-order valence-corrected chi connectivity index (χ0v) is 24.1. The third-order valence-corrected chi connectivity index (χ3v) is 9.04. The third kappa shape index (κ3) is 7.05. The van der Waals surface area contributed by atoms with Crippen LogP contribution in [-0.2, 0) is 14.4 Å². The molecule has 4 aromatic rings. The number of hydrogen-bond donors (Lipinski definition) is 3. The van der Waals surface area contributed by atoms with Gasteiger partial charge in [-0.05, 0) is 48.7 Å². The molecule has 41 heavy (non-hydrogen) atoms. The van der Waals surface area contributed by atoms with E-state index in [1.165, 1.54) is 23.1 Å². The van der Waals surface area contributed by atoms with E-state index in [9.17, 15) is 19.5 Å². The summed E-state index contributed by atoms with van der Waals surface area (Å²) < 4.78 is 0. The molecule has 7 nitrogen and oxygen atoms in total.